The normalized spacial score (nSPS) is 21.2. The SMILES string of the molecule is Cl.Cl.O=C(Nc1cccc(CN2CCSCC2)c1)C1COCCN1. The summed E-state index contributed by atoms with van der Waals surface area (Å²) in [5.41, 5.74) is 2.11. The molecule has 2 fully saturated rings. The van der Waals surface area contributed by atoms with Gasteiger partial charge in [0, 0.05) is 43.4 Å². The van der Waals surface area contributed by atoms with Gasteiger partial charge in [-0.05, 0) is 17.7 Å². The Morgan fingerprint density at radius 1 is 1.33 bits per heavy atom. The van der Waals surface area contributed by atoms with Crippen LogP contribution in [0.1, 0.15) is 5.56 Å². The molecule has 1 aromatic carbocycles. The van der Waals surface area contributed by atoms with Crippen LogP contribution >= 0.6 is 36.6 Å². The van der Waals surface area contributed by atoms with Gasteiger partial charge in [0.15, 0.2) is 0 Å². The number of benzene rings is 1. The Hall–Kier alpha value is -0.500. The van der Waals surface area contributed by atoms with Gasteiger partial charge in [0.25, 0.3) is 0 Å². The van der Waals surface area contributed by atoms with E-state index in [4.69, 9.17) is 4.74 Å². The number of thioether (sulfide) groups is 1. The summed E-state index contributed by atoms with van der Waals surface area (Å²) in [5, 5.41) is 6.16. The lowest BCUT2D eigenvalue weighted by molar-refractivity contribution is -0.120. The maximum Gasteiger partial charge on any atom is 0.243 e. The van der Waals surface area contributed by atoms with E-state index in [2.05, 4.69) is 27.7 Å². The first-order valence-electron chi connectivity index (χ1n) is 7.82. The monoisotopic (exact) mass is 393 g/mol. The highest BCUT2D eigenvalue weighted by Crippen LogP contribution is 2.16. The molecule has 5 nitrogen and oxygen atoms in total. The molecule has 2 heterocycles. The molecule has 2 aliphatic rings. The second-order valence-corrected chi connectivity index (χ2v) is 6.88. The van der Waals surface area contributed by atoms with Crippen LogP contribution in [0.15, 0.2) is 24.3 Å². The number of hydrogen-bond acceptors (Lipinski definition) is 5. The Morgan fingerprint density at radius 2 is 2.12 bits per heavy atom. The van der Waals surface area contributed by atoms with Crippen LogP contribution in [0.5, 0.6) is 0 Å². The molecule has 1 unspecified atom stereocenters. The Morgan fingerprint density at radius 3 is 2.83 bits per heavy atom. The molecule has 24 heavy (non-hydrogen) atoms. The fraction of sp³-hybridized carbons (Fsp3) is 0.562. The number of ether oxygens (including phenoxy) is 1. The number of nitrogens with zero attached hydrogens (tertiary/aromatic N) is 1. The molecule has 2 saturated heterocycles. The van der Waals surface area contributed by atoms with Crippen LogP contribution in [-0.2, 0) is 16.1 Å². The van der Waals surface area contributed by atoms with Gasteiger partial charge in [-0.25, -0.2) is 0 Å². The number of rotatable bonds is 4. The van der Waals surface area contributed by atoms with E-state index in [0.717, 1.165) is 31.9 Å². The number of amides is 1. The minimum atomic E-state index is -0.253. The van der Waals surface area contributed by atoms with Crippen molar-refractivity contribution in [1.82, 2.24) is 10.2 Å². The van der Waals surface area contributed by atoms with E-state index in [-0.39, 0.29) is 36.8 Å². The third-order valence-corrected chi connectivity index (χ3v) is 4.89. The van der Waals surface area contributed by atoms with Crippen LogP contribution < -0.4 is 10.6 Å². The van der Waals surface area contributed by atoms with Crippen molar-refractivity contribution in [1.29, 1.82) is 0 Å². The van der Waals surface area contributed by atoms with Crippen molar-refractivity contribution in [2.45, 2.75) is 12.6 Å². The molecule has 2 aliphatic heterocycles. The molecule has 1 aromatic rings. The number of carbonyl (C=O) groups excluding carboxylic acids is 1. The summed E-state index contributed by atoms with van der Waals surface area (Å²) >= 11 is 2.02. The third kappa shape index (κ3) is 6.43. The van der Waals surface area contributed by atoms with E-state index in [1.807, 2.05) is 23.9 Å². The molecule has 0 saturated carbocycles. The van der Waals surface area contributed by atoms with Gasteiger partial charge in [-0.2, -0.15) is 11.8 Å². The number of nitrogens with one attached hydrogen (secondary N) is 2. The highest BCUT2D eigenvalue weighted by Gasteiger charge is 2.21. The van der Waals surface area contributed by atoms with Crippen molar-refractivity contribution in [3.63, 3.8) is 0 Å². The molecular formula is C16H25Cl2N3O2S. The minimum absolute atomic E-state index is 0. The molecule has 3 rings (SSSR count). The summed E-state index contributed by atoms with van der Waals surface area (Å²) in [6.07, 6.45) is 0. The number of carbonyl (C=O) groups is 1. The summed E-state index contributed by atoms with van der Waals surface area (Å²) in [6, 6.07) is 7.89. The fourth-order valence-corrected chi connectivity index (χ4v) is 3.71. The maximum absolute atomic E-state index is 12.2. The van der Waals surface area contributed by atoms with Crippen LogP contribution in [0.25, 0.3) is 0 Å². The molecule has 0 spiro atoms. The maximum atomic E-state index is 12.2. The molecule has 2 N–H and O–H groups in total. The topological polar surface area (TPSA) is 53.6 Å². The molecule has 136 valence electrons. The standard InChI is InChI=1S/C16H23N3O2S.2ClH/c20-16(15-12-21-7-4-17-15)18-14-3-1-2-13(10-14)11-19-5-8-22-9-6-19;;/h1-3,10,15,17H,4-9,11-12H2,(H,18,20);2*1H. The van der Waals surface area contributed by atoms with E-state index in [1.54, 1.807) is 0 Å². The highest BCUT2D eigenvalue weighted by atomic mass is 35.5. The number of halogens is 2. The van der Waals surface area contributed by atoms with Crippen molar-refractivity contribution < 1.29 is 9.53 Å². The first kappa shape index (κ1) is 21.5. The van der Waals surface area contributed by atoms with Gasteiger partial charge in [0.05, 0.1) is 13.2 Å². The average molecular weight is 394 g/mol. The van der Waals surface area contributed by atoms with Crippen LogP contribution in [0.4, 0.5) is 5.69 Å². The molecule has 0 radical (unpaired) electrons. The largest absolute Gasteiger partial charge is 0.378 e. The van der Waals surface area contributed by atoms with E-state index < -0.39 is 0 Å². The zero-order valence-electron chi connectivity index (χ0n) is 13.5. The van der Waals surface area contributed by atoms with E-state index in [9.17, 15) is 4.79 Å². The lowest BCUT2D eigenvalue weighted by Crippen LogP contribution is -2.48. The predicted octanol–water partition coefficient (Wildman–Crippen LogP) is 2.01. The van der Waals surface area contributed by atoms with Gasteiger partial charge in [-0.1, -0.05) is 12.1 Å². The average Bonchev–Trinajstić information content (AvgIpc) is 2.57. The number of morpholine rings is 1. The Balaban J connectivity index is 0.00000144. The summed E-state index contributed by atoms with van der Waals surface area (Å²) < 4.78 is 5.33. The number of anilines is 1. The second-order valence-electron chi connectivity index (χ2n) is 5.66. The van der Waals surface area contributed by atoms with Crippen molar-refractivity contribution in [3.05, 3.63) is 29.8 Å². The summed E-state index contributed by atoms with van der Waals surface area (Å²) in [4.78, 5) is 14.7. The smallest absolute Gasteiger partial charge is 0.243 e. The van der Waals surface area contributed by atoms with Crippen molar-refractivity contribution in [3.8, 4) is 0 Å². The molecular weight excluding hydrogens is 369 g/mol. The Labute approximate surface area is 160 Å². The highest BCUT2D eigenvalue weighted by molar-refractivity contribution is 7.99. The zero-order chi connectivity index (χ0) is 15.2. The first-order chi connectivity index (χ1) is 10.8. The Bertz CT molecular complexity index is 510. The minimum Gasteiger partial charge on any atom is -0.378 e. The lowest BCUT2D eigenvalue weighted by atomic mass is 10.1. The van der Waals surface area contributed by atoms with Crippen LogP contribution in [0, 0.1) is 0 Å². The predicted molar refractivity (Wildman–Crippen MR) is 105 cm³/mol. The van der Waals surface area contributed by atoms with Crippen molar-refractivity contribution in [2.75, 3.05) is 49.7 Å². The van der Waals surface area contributed by atoms with Crippen LogP contribution in [-0.4, -0.2) is 61.2 Å². The van der Waals surface area contributed by atoms with Crippen LogP contribution in [0.2, 0.25) is 0 Å². The molecule has 1 amide bonds. The van der Waals surface area contributed by atoms with Gasteiger partial charge in [0.1, 0.15) is 6.04 Å². The van der Waals surface area contributed by atoms with E-state index in [0.29, 0.717) is 13.2 Å². The fourth-order valence-electron chi connectivity index (χ4n) is 2.73. The molecule has 8 heteroatoms. The molecule has 1 atom stereocenters. The quantitative estimate of drug-likeness (QED) is 0.819. The van der Waals surface area contributed by atoms with Gasteiger partial charge < -0.3 is 15.4 Å². The van der Waals surface area contributed by atoms with Crippen molar-refractivity contribution in [2.24, 2.45) is 0 Å². The van der Waals surface area contributed by atoms with Gasteiger partial charge in [0.2, 0.25) is 5.91 Å². The second kappa shape index (κ2) is 11.2. The molecule has 0 bridgehead atoms. The first-order valence-corrected chi connectivity index (χ1v) is 8.98. The van der Waals surface area contributed by atoms with Gasteiger partial charge >= 0.3 is 0 Å². The summed E-state index contributed by atoms with van der Waals surface area (Å²) in [6.45, 7) is 5.08. The Kier molecular flexibility index (Phi) is 10.0. The van der Waals surface area contributed by atoms with Gasteiger partial charge in [-0.3, -0.25) is 9.69 Å². The van der Waals surface area contributed by atoms with Gasteiger partial charge in [-0.15, -0.1) is 24.8 Å². The zero-order valence-corrected chi connectivity index (χ0v) is 16.0. The van der Waals surface area contributed by atoms with Crippen LogP contribution in [0.3, 0.4) is 0 Å². The number of hydrogen-bond donors (Lipinski definition) is 2. The summed E-state index contributed by atoms with van der Waals surface area (Å²) in [5.74, 6) is 2.40. The summed E-state index contributed by atoms with van der Waals surface area (Å²) in [7, 11) is 0. The lowest BCUT2D eigenvalue weighted by Gasteiger charge is -2.26. The molecule has 0 aromatic heterocycles. The van der Waals surface area contributed by atoms with E-state index in [1.165, 1.54) is 17.1 Å². The molecule has 0 aliphatic carbocycles. The van der Waals surface area contributed by atoms with Crippen molar-refractivity contribution >= 4 is 48.2 Å². The van der Waals surface area contributed by atoms with E-state index >= 15 is 0 Å². The third-order valence-electron chi connectivity index (χ3n) is 3.94.